The molecule has 1 rings (SSSR count). The Bertz CT molecular complexity index is 483. The third kappa shape index (κ3) is 5.03. The molecule has 1 amide bonds. The number of nitrogens with one attached hydrogen (secondary N) is 1. The molecule has 1 aromatic rings. The molecule has 0 bridgehead atoms. The van der Waals surface area contributed by atoms with Crippen LogP contribution in [0.1, 0.15) is 31.4 Å². The minimum Gasteiger partial charge on any atom is -0.325 e. The average molecular weight is 277 g/mol. The average Bonchev–Trinajstić information content (AvgIpc) is 2.39. The summed E-state index contributed by atoms with van der Waals surface area (Å²) < 4.78 is 0. The summed E-state index contributed by atoms with van der Waals surface area (Å²) in [6.45, 7) is 8.15. The first kappa shape index (κ1) is 15.7. The smallest absolute Gasteiger partial charge is 0.234 e. The van der Waals surface area contributed by atoms with Crippen molar-refractivity contribution in [2.75, 3.05) is 11.1 Å². The van der Waals surface area contributed by atoms with Gasteiger partial charge in [-0.15, -0.1) is 0 Å². The van der Waals surface area contributed by atoms with Gasteiger partial charge in [-0.3, -0.25) is 4.79 Å². The first-order valence-electron chi connectivity index (χ1n) is 6.59. The molecule has 1 N–H and O–H groups in total. The van der Waals surface area contributed by atoms with Crippen LogP contribution in [0.25, 0.3) is 0 Å². The number of rotatable bonds is 5. The number of carbonyl (C=O) groups excluding carboxylic acids is 1. The molecule has 19 heavy (non-hydrogen) atoms. The number of hydrogen-bond acceptors (Lipinski definition) is 1. The van der Waals surface area contributed by atoms with Crippen molar-refractivity contribution in [3.05, 3.63) is 40.8 Å². The summed E-state index contributed by atoms with van der Waals surface area (Å²) in [6, 6.07) is 6.05. The molecule has 3 heteroatoms. The number of benzene rings is 1. The summed E-state index contributed by atoms with van der Waals surface area (Å²) in [5, 5.41) is 7.26. The quantitative estimate of drug-likeness (QED) is 0.801. The monoisotopic (exact) mass is 277 g/mol. The van der Waals surface area contributed by atoms with Crippen molar-refractivity contribution in [3.8, 4) is 0 Å². The van der Waals surface area contributed by atoms with Gasteiger partial charge in [-0.05, 0) is 43.7 Å². The van der Waals surface area contributed by atoms with E-state index in [-0.39, 0.29) is 16.4 Å². The van der Waals surface area contributed by atoms with Crippen LogP contribution in [0.5, 0.6) is 0 Å². The molecule has 104 valence electrons. The van der Waals surface area contributed by atoms with Gasteiger partial charge in [-0.1, -0.05) is 36.6 Å². The maximum absolute atomic E-state index is 12.1. The topological polar surface area (TPSA) is 29.1 Å². The van der Waals surface area contributed by atoms with Crippen LogP contribution in [0.4, 0.5) is 5.69 Å². The van der Waals surface area contributed by atoms with Crippen molar-refractivity contribution in [2.45, 2.75) is 34.1 Å². The minimum atomic E-state index is -0.0659. The molecule has 0 spiro atoms. The molecule has 0 aliphatic rings. The normalized spacial score (nSPS) is 12.8. The Balaban J connectivity index is 2.73. The lowest BCUT2D eigenvalue weighted by atomic mass is 10.1. The van der Waals surface area contributed by atoms with E-state index in [2.05, 4.69) is 29.1 Å². The predicted molar refractivity (Wildman–Crippen MR) is 88.2 cm³/mol. The molecule has 0 saturated carbocycles. The molecule has 0 aliphatic carbocycles. The summed E-state index contributed by atoms with van der Waals surface area (Å²) in [6.07, 6.45) is 3.13. The second kappa shape index (κ2) is 7.95. The molecule has 0 fully saturated rings. The second-order valence-electron chi connectivity index (χ2n) is 4.44. The summed E-state index contributed by atoms with van der Waals surface area (Å²) in [4.78, 5) is 12.1. The lowest BCUT2D eigenvalue weighted by Crippen LogP contribution is -2.16. The number of allylic oxidation sites excluding steroid dienone is 1. The zero-order valence-electron chi connectivity index (χ0n) is 12.2. The van der Waals surface area contributed by atoms with Gasteiger partial charge < -0.3 is 5.32 Å². The van der Waals surface area contributed by atoms with E-state index in [4.69, 9.17) is 0 Å². The molecule has 0 aliphatic heterocycles. The van der Waals surface area contributed by atoms with E-state index in [1.165, 1.54) is 0 Å². The Labute approximate surface area is 118 Å². The highest BCUT2D eigenvalue weighted by Gasteiger charge is 2.07. The maximum Gasteiger partial charge on any atom is 0.234 e. The van der Waals surface area contributed by atoms with Crippen LogP contribution < -0.4 is 5.32 Å². The van der Waals surface area contributed by atoms with Crippen molar-refractivity contribution in [1.82, 2.24) is 0 Å². The van der Waals surface area contributed by atoms with Gasteiger partial charge in [0.15, 0.2) is 0 Å². The van der Waals surface area contributed by atoms with Crippen molar-refractivity contribution in [1.29, 1.82) is 0 Å². The van der Waals surface area contributed by atoms with E-state index in [1.54, 1.807) is 0 Å². The molecule has 0 heterocycles. The van der Waals surface area contributed by atoms with Gasteiger partial charge in [0, 0.05) is 5.69 Å². The SMILES string of the molecule is CC=S(/C=C\CC)CC(=O)Nc1c(C)cccc1C. The van der Waals surface area contributed by atoms with Crippen molar-refractivity contribution in [3.63, 3.8) is 0 Å². The molecule has 1 unspecified atom stereocenters. The fourth-order valence-electron chi connectivity index (χ4n) is 1.77. The summed E-state index contributed by atoms with van der Waals surface area (Å²) in [5.74, 6) is 0.611. The Hall–Kier alpha value is -1.35. The highest BCUT2D eigenvalue weighted by atomic mass is 32.2. The molecule has 0 aromatic heterocycles. The number of para-hydroxylation sites is 1. The fraction of sp³-hybridized carbons (Fsp3) is 0.375. The van der Waals surface area contributed by atoms with E-state index >= 15 is 0 Å². The predicted octanol–water partition coefficient (Wildman–Crippen LogP) is 4.26. The number of anilines is 1. The van der Waals surface area contributed by atoms with E-state index < -0.39 is 0 Å². The summed E-state index contributed by atoms with van der Waals surface area (Å²) in [5.41, 5.74) is 3.17. The van der Waals surface area contributed by atoms with E-state index in [0.29, 0.717) is 5.75 Å². The van der Waals surface area contributed by atoms with Gasteiger partial charge >= 0.3 is 0 Å². The Morgan fingerprint density at radius 3 is 2.47 bits per heavy atom. The zero-order chi connectivity index (χ0) is 14.3. The largest absolute Gasteiger partial charge is 0.325 e. The molecule has 0 radical (unpaired) electrons. The highest BCUT2D eigenvalue weighted by molar-refractivity contribution is 8.18. The van der Waals surface area contributed by atoms with Crippen LogP contribution in [-0.4, -0.2) is 17.0 Å². The van der Waals surface area contributed by atoms with Gasteiger partial charge in [0.05, 0.1) is 5.75 Å². The molecule has 0 saturated heterocycles. The first-order chi connectivity index (χ1) is 9.08. The van der Waals surface area contributed by atoms with E-state index in [0.717, 1.165) is 23.2 Å². The van der Waals surface area contributed by atoms with Crippen LogP contribution in [0, 0.1) is 13.8 Å². The Morgan fingerprint density at radius 2 is 1.95 bits per heavy atom. The van der Waals surface area contributed by atoms with Gasteiger partial charge in [0.25, 0.3) is 0 Å². The zero-order valence-corrected chi connectivity index (χ0v) is 13.0. The van der Waals surface area contributed by atoms with Crippen LogP contribution >= 0.6 is 10.5 Å². The lowest BCUT2D eigenvalue weighted by molar-refractivity contribution is -0.113. The summed E-state index contributed by atoms with van der Waals surface area (Å²) >= 11 is 0. The third-order valence-corrected chi connectivity index (χ3v) is 4.60. The van der Waals surface area contributed by atoms with Gasteiger partial charge in [-0.2, -0.15) is 10.5 Å². The molecular weight excluding hydrogens is 254 g/mol. The first-order valence-corrected chi connectivity index (χ1v) is 8.11. The molecule has 1 atom stereocenters. The molecular formula is C16H23NOS. The number of aryl methyl sites for hydroxylation is 2. The maximum atomic E-state index is 12.1. The second-order valence-corrected chi connectivity index (χ2v) is 6.42. The minimum absolute atomic E-state index is 0.0659. The Morgan fingerprint density at radius 1 is 1.32 bits per heavy atom. The number of carbonyl (C=O) groups is 1. The summed E-state index contributed by atoms with van der Waals surface area (Å²) in [7, 11) is -0.0659. The van der Waals surface area contributed by atoms with Crippen LogP contribution in [0.2, 0.25) is 0 Å². The van der Waals surface area contributed by atoms with Gasteiger partial charge in [-0.25, -0.2) is 0 Å². The highest BCUT2D eigenvalue weighted by Crippen LogP contribution is 2.21. The number of hydrogen-bond donors (Lipinski definition) is 1. The standard InChI is InChI=1S/C16H23NOS/c1-5-7-11-19(6-2)12-15(18)17-16-13(3)9-8-10-14(16)4/h6-11H,5,12H2,1-4H3,(H,17,18)/b11-7-. The van der Waals surface area contributed by atoms with Crippen LogP contribution in [-0.2, 0) is 4.79 Å². The van der Waals surface area contributed by atoms with Crippen LogP contribution in [0.3, 0.4) is 0 Å². The van der Waals surface area contributed by atoms with Crippen molar-refractivity contribution in [2.24, 2.45) is 0 Å². The lowest BCUT2D eigenvalue weighted by Gasteiger charge is -2.12. The number of amides is 1. The molecule has 1 aromatic carbocycles. The third-order valence-electron chi connectivity index (χ3n) is 2.85. The molecule has 2 nitrogen and oxygen atoms in total. The fourth-order valence-corrected chi connectivity index (χ4v) is 3.00. The Kier molecular flexibility index (Phi) is 6.57. The van der Waals surface area contributed by atoms with Crippen molar-refractivity contribution >= 4 is 27.4 Å². The van der Waals surface area contributed by atoms with Gasteiger partial charge in [0.2, 0.25) is 5.91 Å². The van der Waals surface area contributed by atoms with E-state index in [9.17, 15) is 4.79 Å². The van der Waals surface area contributed by atoms with Crippen molar-refractivity contribution < 1.29 is 4.79 Å². The van der Waals surface area contributed by atoms with E-state index in [1.807, 2.05) is 39.0 Å². The van der Waals surface area contributed by atoms with Crippen LogP contribution in [0.15, 0.2) is 29.7 Å². The van der Waals surface area contributed by atoms with Gasteiger partial charge in [0.1, 0.15) is 0 Å².